The number of anilines is 1. The zero-order chi connectivity index (χ0) is 82.0. The van der Waals surface area contributed by atoms with Crippen molar-refractivity contribution in [2.75, 3.05) is 41.8 Å². The largest absolute Gasteiger partial charge is 0.748 e. The van der Waals surface area contributed by atoms with Crippen molar-refractivity contribution in [1.82, 2.24) is 16.0 Å². The molecule has 7 N–H and O–H groups in total. The summed E-state index contributed by atoms with van der Waals surface area (Å²) in [6, 6.07) is 29.0. The number of para-hydroxylation sites is 2. The number of ether oxygens (including phenoxy) is 1. The van der Waals surface area contributed by atoms with E-state index in [0.29, 0.717) is 81.5 Å². The Morgan fingerprint density at radius 1 is 0.627 bits per heavy atom. The van der Waals surface area contributed by atoms with Crippen LogP contribution in [-0.4, -0.2) is 175 Å². The van der Waals surface area contributed by atoms with Gasteiger partial charge in [0.05, 0.1) is 39.0 Å². The van der Waals surface area contributed by atoms with E-state index in [1.165, 1.54) is 0 Å². The molecule has 3 aliphatic rings. The monoisotopic (exact) mass is 1630 g/mol. The molecule has 600 valence electrons. The maximum Gasteiger partial charge on any atom is 0.425 e. The number of hydrogen-bond acceptors (Lipinski definition) is 23. The predicted octanol–water partition coefficient (Wildman–Crippen LogP) is 7.80. The van der Waals surface area contributed by atoms with E-state index in [9.17, 15) is 73.3 Å². The number of aliphatic carboxylic acids is 2. The van der Waals surface area contributed by atoms with Gasteiger partial charge in [-0.1, -0.05) is 112 Å². The van der Waals surface area contributed by atoms with Gasteiger partial charge < -0.3 is 40.4 Å². The Bertz CT molecular complexity index is 4650. The highest BCUT2D eigenvalue weighted by molar-refractivity contribution is 7.86. The number of carboxylic acid groups (broad SMARTS) is 2. The molecule has 7 rings (SSSR count). The number of carboxylic acids is 2. The molecule has 0 aromatic heterocycles. The third-order valence-corrected chi connectivity index (χ3v) is 20.6. The molecule has 4 aromatic rings. The molecule has 2 aliphatic heterocycles. The summed E-state index contributed by atoms with van der Waals surface area (Å²) < 4.78 is 158. The average Bonchev–Trinajstić information content (AvgIpc) is 1.60. The Morgan fingerprint density at radius 3 is 1.81 bits per heavy atom. The van der Waals surface area contributed by atoms with E-state index < -0.39 is 122 Å². The van der Waals surface area contributed by atoms with Crippen molar-refractivity contribution < 1.29 is 122 Å². The summed E-state index contributed by atoms with van der Waals surface area (Å²) in [6.45, 7) is 9.40. The molecule has 4 aromatic carbocycles. The molecule has 110 heavy (non-hydrogen) atoms. The van der Waals surface area contributed by atoms with E-state index in [1.807, 2.05) is 54.6 Å². The fourth-order valence-electron chi connectivity index (χ4n) is 13.0. The number of rotatable bonds is 40. The normalized spacial score (nSPS) is 15.7. The molecule has 36 heteroatoms. The summed E-state index contributed by atoms with van der Waals surface area (Å²) in [7, 11) is -19.0. The molecular formula is C74H93N5O26S5. The van der Waals surface area contributed by atoms with Crippen LogP contribution in [0.1, 0.15) is 159 Å². The summed E-state index contributed by atoms with van der Waals surface area (Å²) in [5.74, 6) is -5.12. The number of amides is 3. The summed E-state index contributed by atoms with van der Waals surface area (Å²) in [5, 5.41) is 27.6. The minimum Gasteiger partial charge on any atom is -0.748 e. The first-order valence-electron chi connectivity index (χ1n) is 35.1. The molecule has 0 bridgehead atoms. The third-order valence-electron chi connectivity index (χ3n) is 18.2. The van der Waals surface area contributed by atoms with E-state index in [0.717, 1.165) is 57.0 Å². The lowest BCUT2D eigenvalue weighted by atomic mass is 9.81. The topological polar surface area (TPSA) is 497 Å². The lowest BCUT2D eigenvalue weighted by molar-refractivity contribution is -0.438. The van der Waals surface area contributed by atoms with Crippen LogP contribution in [0.5, 0.6) is 5.75 Å². The van der Waals surface area contributed by atoms with E-state index in [4.69, 9.17) is 44.1 Å². The number of nitrogens with one attached hydrogen (secondary N) is 3. The van der Waals surface area contributed by atoms with Gasteiger partial charge in [0.25, 0.3) is 20.2 Å². The minimum atomic E-state index is -4.39. The zero-order valence-corrected chi connectivity index (χ0v) is 65.3. The van der Waals surface area contributed by atoms with Crippen LogP contribution in [0.15, 0.2) is 150 Å². The van der Waals surface area contributed by atoms with Gasteiger partial charge in [0.2, 0.25) is 11.6 Å². The molecule has 1 aliphatic carbocycles. The van der Waals surface area contributed by atoms with Crippen molar-refractivity contribution in [2.24, 2.45) is 5.92 Å². The summed E-state index contributed by atoms with van der Waals surface area (Å²) in [6.07, 6.45) is 13.6. The first-order chi connectivity index (χ1) is 51.7. The number of nitrogens with zero attached hydrogens (tertiary/aromatic N) is 2. The standard InChI is InChI=1S/C73H93N5O18S3.CO2.2O3S/c1-72(2)58-27-12-14-29-62(58)77(43-16-18-45-97(87,88)89)65(72)40-34-53-24-20-25-54(35-41-66-73(3,4)59-28-13-15-30-63(59)78(66)44-17-19-46-98(90,91)92)68(53)96-57-37-32-52(33-38-57)48-55(69(82)83)50-64(80)61(49-51-22-8-7-9-23-51)75-67(81)31-11-6-5-10-26-56(79)36-39-60(70(84)85)76-71(86)74-42-21-47-99(93,94)95;2-1-3;2*1-4(2)3/h7-9,12-15,22-23,27-30,32-35,37-38,40-41,55,60-61H,5-6,10-11,16-21,24-26,31,36,39,42-50H2,1-4H3,(H7-,74,75,76,81,82,83,84,85,86,87,88,89,90,91,92,93,94,95);;;/t55-,60+,61+;;;/m1.../s1. The zero-order valence-electron chi connectivity index (χ0n) is 61.2. The number of carbonyl (C=O) groups excluding carboxylic acids is 6. The van der Waals surface area contributed by atoms with Crippen molar-refractivity contribution in [3.63, 3.8) is 0 Å². The minimum absolute atomic E-state index is 0.0199. The van der Waals surface area contributed by atoms with Crippen LogP contribution in [0.4, 0.5) is 16.2 Å². The van der Waals surface area contributed by atoms with Crippen LogP contribution in [-0.2, 0) is 109 Å². The van der Waals surface area contributed by atoms with Gasteiger partial charge in [0.15, 0.2) is 11.5 Å². The van der Waals surface area contributed by atoms with Gasteiger partial charge in [-0.25, -0.2) is 18.0 Å². The van der Waals surface area contributed by atoms with Gasteiger partial charge in [-0.05, 0) is 149 Å². The number of unbranched alkanes of at least 4 members (excludes halogenated alkanes) is 5. The molecular weight excluding hydrogens is 1540 g/mol. The molecule has 3 atom stereocenters. The molecule has 0 saturated carbocycles. The Labute approximate surface area is 642 Å². The van der Waals surface area contributed by atoms with E-state index in [1.54, 1.807) is 36.4 Å². The van der Waals surface area contributed by atoms with Gasteiger partial charge in [-0.2, -0.15) is 31.0 Å². The number of allylic oxidation sites excluding steroid dienone is 7. The van der Waals surface area contributed by atoms with Crippen LogP contribution in [0.25, 0.3) is 0 Å². The second-order valence-electron chi connectivity index (χ2n) is 27.1. The quantitative estimate of drug-likeness (QED) is 0.0127. The average molecular weight is 1630 g/mol. The number of Topliss-reactive ketones (excluding diaryl/α,β-unsaturated/α-hetero) is 2. The highest BCUT2D eigenvalue weighted by Gasteiger charge is 2.44. The molecule has 0 unspecified atom stereocenters. The lowest BCUT2D eigenvalue weighted by Crippen LogP contribution is -2.46. The Kier molecular flexibility index (Phi) is 38.0. The number of urea groups is 1. The fourth-order valence-corrected chi connectivity index (χ4v) is 14.6. The van der Waals surface area contributed by atoms with E-state index in [2.05, 4.69) is 89.6 Å². The first kappa shape index (κ1) is 92.9. The van der Waals surface area contributed by atoms with E-state index in [-0.39, 0.29) is 88.4 Å². The van der Waals surface area contributed by atoms with E-state index >= 15 is 0 Å². The number of carbonyl (C=O) groups is 6. The predicted molar refractivity (Wildman–Crippen MR) is 401 cm³/mol. The third kappa shape index (κ3) is 33.0. The number of fused-ring (bicyclic) bond motifs is 2. The number of hydrogen-bond donors (Lipinski definition) is 7. The van der Waals surface area contributed by atoms with Crippen LogP contribution >= 0.6 is 0 Å². The molecule has 3 amide bonds. The van der Waals surface area contributed by atoms with Gasteiger partial charge in [-0.15, -0.1) is 25.3 Å². The molecule has 0 fully saturated rings. The van der Waals surface area contributed by atoms with Gasteiger partial charge in [0.1, 0.15) is 29.9 Å². The fraction of sp³-hybridized carbons (Fsp3) is 0.459. The second-order valence-corrected chi connectivity index (χ2v) is 32.6. The Balaban J connectivity index is 0.00000217. The van der Waals surface area contributed by atoms with Crippen LogP contribution in [0.2, 0.25) is 0 Å². The molecule has 0 saturated heterocycles. The Morgan fingerprint density at radius 2 is 1.20 bits per heavy atom. The molecule has 0 spiro atoms. The summed E-state index contributed by atoms with van der Waals surface area (Å²) in [4.78, 5) is 95.7. The van der Waals surface area contributed by atoms with Crippen molar-refractivity contribution >= 4 is 110 Å². The van der Waals surface area contributed by atoms with Crippen molar-refractivity contribution in [3.8, 4) is 5.75 Å². The van der Waals surface area contributed by atoms with Crippen molar-refractivity contribution in [1.29, 1.82) is 0 Å². The van der Waals surface area contributed by atoms with Gasteiger partial charge >= 0.3 is 45.3 Å². The van der Waals surface area contributed by atoms with Crippen LogP contribution in [0, 0.1) is 5.92 Å². The second kappa shape index (κ2) is 45.0. The molecule has 0 radical (unpaired) electrons. The maximum absolute atomic E-state index is 14.3. The maximum atomic E-state index is 14.3. The van der Waals surface area contributed by atoms with Crippen molar-refractivity contribution in [3.05, 3.63) is 172 Å². The number of benzene rings is 4. The SMILES string of the molecule is CC1(C)C(=CC=C2CCCC(C=CC3=[N+](CCCCS(=O)(=O)O)c4ccccc4C3(C)C)=C2Oc2ccc(C[C@H](CC(=O)[C@H](Cc3ccccc3)NC(=O)CCCCCCC(=O)CC[C@H](NC(=O)NCCCS(=O)(=O)O)C(=O)O)C(=O)O)cc2)N(CCCCS(=O)(=O)[O-])c2ccccc21.O=C=O.O=S(=O)=O.O=S(=O)=O. The van der Waals surface area contributed by atoms with Crippen molar-refractivity contribution in [2.45, 2.75) is 173 Å². The highest BCUT2D eigenvalue weighted by Crippen LogP contribution is 2.48. The highest BCUT2D eigenvalue weighted by atomic mass is 32.2. The first-order valence-corrected chi connectivity index (χ1v) is 41.9. The number of ketones is 2. The lowest BCUT2D eigenvalue weighted by Gasteiger charge is -2.28. The Hall–Kier alpha value is -9.52. The van der Waals surface area contributed by atoms with Crippen LogP contribution in [0.3, 0.4) is 0 Å². The van der Waals surface area contributed by atoms with Gasteiger partial charge in [-0.3, -0.25) is 28.3 Å². The smallest absolute Gasteiger partial charge is 0.425 e. The summed E-state index contributed by atoms with van der Waals surface area (Å²) >= 11 is 0. The summed E-state index contributed by atoms with van der Waals surface area (Å²) in [5.41, 5.74) is 8.39. The van der Waals surface area contributed by atoms with Gasteiger partial charge in [0, 0.05) is 85.5 Å². The molecule has 2 heterocycles. The molecule has 31 nitrogen and oxygen atoms in total. The van der Waals surface area contributed by atoms with Crippen LogP contribution < -0.4 is 25.6 Å².